The van der Waals surface area contributed by atoms with Gasteiger partial charge < -0.3 is 0 Å². The summed E-state index contributed by atoms with van der Waals surface area (Å²) in [5.74, 6) is 0. The molecule has 0 aromatic heterocycles. The van der Waals surface area contributed by atoms with Crippen molar-refractivity contribution in [3.63, 3.8) is 0 Å². The van der Waals surface area contributed by atoms with Crippen molar-refractivity contribution in [2.24, 2.45) is 0 Å². The first kappa shape index (κ1) is 8.52. The normalized spacial score (nSPS) is 44.5. The van der Waals surface area contributed by atoms with Crippen LogP contribution in [0.1, 0.15) is 26.7 Å². The zero-order valence-electron chi connectivity index (χ0n) is 8.29. The summed E-state index contributed by atoms with van der Waals surface area (Å²) < 4.78 is 0. The van der Waals surface area contributed by atoms with Gasteiger partial charge in [-0.2, -0.15) is 0 Å². The summed E-state index contributed by atoms with van der Waals surface area (Å²) in [4.78, 5) is 5.09. The number of rotatable bonds is 5. The fourth-order valence-electron chi connectivity index (χ4n) is 1.84. The third-order valence-electron chi connectivity index (χ3n) is 3.12. The monoisotopic (exact) mass is 168 g/mol. The summed E-state index contributed by atoms with van der Waals surface area (Å²) in [6.07, 6.45) is 2.79. The van der Waals surface area contributed by atoms with Gasteiger partial charge in [0.15, 0.2) is 0 Å². The molecule has 2 aliphatic heterocycles. The Hall–Kier alpha value is -0.0800. The van der Waals surface area contributed by atoms with Crippen LogP contribution >= 0.6 is 0 Å². The van der Waals surface area contributed by atoms with Crippen LogP contribution in [0.25, 0.3) is 0 Å². The average Bonchev–Trinajstić information content (AvgIpc) is 2.88. The van der Waals surface area contributed by atoms with Crippen LogP contribution in [0.2, 0.25) is 0 Å². The lowest BCUT2D eigenvalue weighted by atomic mass is 10.3. The van der Waals surface area contributed by atoms with E-state index in [1.54, 1.807) is 0 Å². The van der Waals surface area contributed by atoms with Crippen LogP contribution in [-0.4, -0.2) is 48.1 Å². The third kappa shape index (κ3) is 2.20. The molecular formula is C10H20N2. The molecule has 2 rings (SSSR count). The molecule has 0 aliphatic carbocycles. The Morgan fingerprint density at radius 1 is 0.917 bits per heavy atom. The minimum atomic E-state index is 0.894. The van der Waals surface area contributed by atoms with E-state index in [9.17, 15) is 0 Å². The van der Waals surface area contributed by atoms with Crippen LogP contribution in [0.3, 0.4) is 0 Å². The molecule has 70 valence electrons. The van der Waals surface area contributed by atoms with E-state index in [1.807, 2.05) is 0 Å². The second kappa shape index (κ2) is 3.35. The van der Waals surface area contributed by atoms with Crippen molar-refractivity contribution in [2.75, 3.05) is 26.2 Å². The lowest BCUT2D eigenvalue weighted by molar-refractivity contribution is 0.442. The standard InChI is InChI=1S/C10H20N2/c1-9-7-11(9)5-3-4-6-12-8-10(12)2/h9-10H,3-8H2,1-2H3/t9-,10+,11?,12?. The summed E-state index contributed by atoms with van der Waals surface area (Å²) in [5, 5.41) is 0. The minimum Gasteiger partial charge on any atom is -0.298 e. The van der Waals surface area contributed by atoms with E-state index < -0.39 is 0 Å². The lowest BCUT2D eigenvalue weighted by Gasteiger charge is -2.02. The van der Waals surface area contributed by atoms with Crippen molar-refractivity contribution in [3.05, 3.63) is 0 Å². The molecular weight excluding hydrogens is 148 g/mol. The molecule has 2 fully saturated rings. The Morgan fingerprint density at radius 3 is 1.50 bits per heavy atom. The zero-order valence-corrected chi connectivity index (χ0v) is 8.29. The second-order valence-electron chi connectivity index (χ2n) is 4.40. The molecule has 0 saturated carbocycles. The van der Waals surface area contributed by atoms with Gasteiger partial charge in [0, 0.05) is 25.2 Å². The van der Waals surface area contributed by atoms with Crippen molar-refractivity contribution in [2.45, 2.75) is 38.8 Å². The van der Waals surface area contributed by atoms with Crippen LogP contribution in [0, 0.1) is 0 Å². The third-order valence-corrected chi connectivity index (χ3v) is 3.12. The van der Waals surface area contributed by atoms with E-state index in [0.29, 0.717) is 0 Å². The number of nitrogens with zero attached hydrogens (tertiary/aromatic N) is 2. The Bertz CT molecular complexity index is 140. The summed E-state index contributed by atoms with van der Waals surface area (Å²) in [6.45, 7) is 9.99. The molecule has 4 atom stereocenters. The van der Waals surface area contributed by atoms with Gasteiger partial charge in [0.05, 0.1) is 0 Å². The van der Waals surface area contributed by atoms with Crippen LogP contribution in [0.15, 0.2) is 0 Å². The van der Waals surface area contributed by atoms with Gasteiger partial charge in [-0.3, -0.25) is 9.80 Å². The highest BCUT2D eigenvalue weighted by Gasteiger charge is 2.29. The number of unbranched alkanes of at least 4 members (excludes halogenated alkanes) is 1. The second-order valence-corrected chi connectivity index (χ2v) is 4.40. The molecule has 2 saturated heterocycles. The maximum absolute atomic E-state index is 2.55. The van der Waals surface area contributed by atoms with E-state index in [-0.39, 0.29) is 0 Å². The molecule has 0 aromatic carbocycles. The van der Waals surface area contributed by atoms with Crippen molar-refractivity contribution < 1.29 is 0 Å². The minimum absolute atomic E-state index is 0.894. The molecule has 2 aliphatic rings. The molecule has 2 heterocycles. The maximum Gasteiger partial charge on any atom is 0.0195 e. The Balaban J connectivity index is 1.42. The molecule has 0 amide bonds. The predicted molar refractivity (Wildman–Crippen MR) is 51.3 cm³/mol. The average molecular weight is 168 g/mol. The highest BCUT2D eigenvalue weighted by atomic mass is 15.3. The zero-order chi connectivity index (χ0) is 8.55. The Labute approximate surface area is 75.5 Å². The number of hydrogen-bond acceptors (Lipinski definition) is 2. The van der Waals surface area contributed by atoms with Gasteiger partial charge >= 0.3 is 0 Å². The fourth-order valence-corrected chi connectivity index (χ4v) is 1.84. The first-order valence-electron chi connectivity index (χ1n) is 5.25. The van der Waals surface area contributed by atoms with Gasteiger partial charge in [-0.1, -0.05) is 0 Å². The highest BCUT2D eigenvalue weighted by molar-refractivity contribution is 4.86. The fraction of sp³-hybridized carbons (Fsp3) is 1.00. The first-order valence-corrected chi connectivity index (χ1v) is 5.25. The molecule has 2 unspecified atom stereocenters. The summed E-state index contributed by atoms with van der Waals surface area (Å²) in [7, 11) is 0. The predicted octanol–water partition coefficient (Wildman–Crippen LogP) is 1.17. The van der Waals surface area contributed by atoms with Gasteiger partial charge in [-0.25, -0.2) is 0 Å². The van der Waals surface area contributed by atoms with E-state index in [4.69, 9.17) is 0 Å². The quantitative estimate of drug-likeness (QED) is 0.449. The Kier molecular flexibility index (Phi) is 2.37. The van der Waals surface area contributed by atoms with Crippen molar-refractivity contribution in [1.29, 1.82) is 0 Å². The van der Waals surface area contributed by atoms with Gasteiger partial charge in [-0.15, -0.1) is 0 Å². The SMILES string of the molecule is C[C@@H]1CN1CCCCN1C[C@@H]1C. The summed E-state index contributed by atoms with van der Waals surface area (Å²) in [6, 6.07) is 1.79. The molecule has 2 heteroatoms. The van der Waals surface area contributed by atoms with E-state index in [2.05, 4.69) is 23.6 Å². The maximum atomic E-state index is 2.55. The molecule has 0 bridgehead atoms. The van der Waals surface area contributed by atoms with E-state index in [1.165, 1.54) is 39.0 Å². The topological polar surface area (TPSA) is 6.02 Å². The van der Waals surface area contributed by atoms with Crippen molar-refractivity contribution >= 4 is 0 Å². The van der Waals surface area contributed by atoms with Crippen LogP contribution in [0.5, 0.6) is 0 Å². The lowest BCUT2D eigenvalue weighted by Crippen LogP contribution is -2.07. The molecule has 2 nitrogen and oxygen atoms in total. The van der Waals surface area contributed by atoms with Gasteiger partial charge in [0.1, 0.15) is 0 Å². The van der Waals surface area contributed by atoms with E-state index >= 15 is 0 Å². The first-order chi connectivity index (χ1) is 5.77. The molecule has 12 heavy (non-hydrogen) atoms. The van der Waals surface area contributed by atoms with Gasteiger partial charge in [-0.05, 0) is 39.8 Å². The summed E-state index contributed by atoms with van der Waals surface area (Å²) >= 11 is 0. The van der Waals surface area contributed by atoms with Gasteiger partial charge in [0.25, 0.3) is 0 Å². The summed E-state index contributed by atoms with van der Waals surface area (Å²) in [5.41, 5.74) is 0. The highest BCUT2D eigenvalue weighted by Crippen LogP contribution is 2.19. The van der Waals surface area contributed by atoms with Crippen molar-refractivity contribution in [3.8, 4) is 0 Å². The number of hydrogen-bond donors (Lipinski definition) is 0. The van der Waals surface area contributed by atoms with Crippen LogP contribution < -0.4 is 0 Å². The smallest absolute Gasteiger partial charge is 0.0195 e. The molecule has 0 radical (unpaired) electrons. The molecule has 0 aromatic rings. The van der Waals surface area contributed by atoms with Gasteiger partial charge in [0.2, 0.25) is 0 Å². The van der Waals surface area contributed by atoms with E-state index in [0.717, 1.165) is 12.1 Å². The largest absolute Gasteiger partial charge is 0.298 e. The van der Waals surface area contributed by atoms with Crippen LogP contribution in [0.4, 0.5) is 0 Å². The Morgan fingerprint density at radius 2 is 1.25 bits per heavy atom. The molecule has 0 N–H and O–H groups in total. The van der Waals surface area contributed by atoms with Crippen LogP contribution in [-0.2, 0) is 0 Å². The van der Waals surface area contributed by atoms with Crippen molar-refractivity contribution in [1.82, 2.24) is 9.80 Å². The molecule has 0 spiro atoms.